The molecule has 4 nitrogen and oxygen atoms in total. The SMILES string of the molecule is C=C1C=C(c2ccccc2)COC1.C=CCNS(C)(=O)=O. The molecule has 1 N–H and O–H groups in total. The summed E-state index contributed by atoms with van der Waals surface area (Å²) >= 11 is 0. The molecule has 1 aromatic rings. The predicted molar refractivity (Wildman–Crippen MR) is 87.4 cm³/mol. The Morgan fingerprint density at radius 2 is 1.95 bits per heavy atom. The first-order chi connectivity index (χ1) is 9.92. The minimum absolute atomic E-state index is 0.304. The molecule has 114 valence electrons. The Morgan fingerprint density at radius 3 is 2.43 bits per heavy atom. The van der Waals surface area contributed by atoms with Crippen molar-refractivity contribution < 1.29 is 13.2 Å². The second-order valence-electron chi connectivity index (χ2n) is 4.60. The molecule has 0 saturated carbocycles. The summed E-state index contributed by atoms with van der Waals surface area (Å²) in [5, 5.41) is 0. The van der Waals surface area contributed by atoms with Gasteiger partial charge in [-0.2, -0.15) is 0 Å². The Bertz CT molecular complexity index is 604. The van der Waals surface area contributed by atoms with Gasteiger partial charge in [-0.15, -0.1) is 6.58 Å². The van der Waals surface area contributed by atoms with E-state index in [1.807, 2.05) is 18.2 Å². The standard InChI is InChI=1S/C12H12O.C4H9NO2S/c1-10-7-12(9-13-8-10)11-5-3-2-4-6-11;1-3-4-5-8(2,6)7/h2-7H,1,8-9H2;3,5H,1,4H2,2H3. The van der Waals surface area contributed by atoms with Crippen LogP contribution in [0.2, 0.25) is 0 Å². The van der Waals surface area contributed by atoms with E-state index in [4.69, 9.17) is 4.74 Å². The number of hydrogen-bond acceptors (Lipinski definition) is 3. The summed E-state index contributed by atoms with van der Waals surface area (Å²) < 4.78 is 28.1. The van der Waals surface area contributed by atoms with E-state index in [2.05, 4.69) is 36.1 Å². The monoisotopic (exact) mass is 307 g/mol. The number of rotatable bonds is 4. The summed E-state index contributed by atoms with van der Waals surface area (Å²) in [6.07, 6.45) is 4.70. The van der Waals surface area contributed by atoms with Crippen molar-refractivity contribution in [3.8, 4) is 0 Å². The van der Waals surface area contributed by atoms with Crippen molar-refractivity contribution in [3.63, 3.8) is 0 Å². The van der Waals surface area contributed by atoms with Crippen molar-refractivity contribution in [3.05, 3.63) is 66.8 Å². The van der Waals surface area contributed by atoms with Gasteiger partial charge in [0.25, 0.3) is 0 Å². The molecule has 0 amide bonds. The van der Waals surface area contributed by atoms with E-state index in [0.717, 1.165) is 11.8 Å². The topological polar surface area (TPSA) is 55.4 Å². The molecule has 0 atom stereocenters. The minimum atomic E-state index is -3.01. The number of ether oxygens (including phenoxy) is 1. The van der Waals surface area contributed by atoms with Crippen molar-refractivity contribution in [1.29, 1.82) is 0 Å². The largest absolute Gasteiger partial charge is 0.372 e. The highest BCUT2D eigenvalue weighted by atomic mass is 32.2. The molecule has 0 saturated heterocycles. The van der Waals surface area contributed by atoms with Crippen LogP contribution in [-0.2, 0) is 14.8 Å². The van der Waals surface area contributed by atoms with E-state index < -0.39 is 10.0 Å². The smallest absolute Gasteiger partial charge is 0.208 e. The third-order valence-corrected chi connectivity index (χ3v) is 3.25. The lowest BCUT2D eigenvalue weighted by atomic mass is 10.0. The van der Waals surface area contributed by atoms with Gasteiger partial charge in [0, 0.05) is 6.54 Å². The predicted octanol–water partition coefficient (Wildman–Crippen LogP) is 2.38. The van der Waals surface area contributed by atoms with E-state index in [1.165, 1.54) is 17.2 Å². The Morgan fingerprint density at radius 1 is 1.29 bits per heavy atom. The molecule has 1 heterocycles. The maximum Gasteiger partial charge on any atom is 0.208 e. The van der Waals surface area contributed by atoms with Crippen LogP contribution < -0.4 is 4.72 Å². The highest BCUT2D eigenvalue weighted by Crippen LogP contribution is 2.20. The number of nitrogens with one attached hydrogen (secondary N) is 1. The molecule has 0 fully saturated rings. The second-order valence-corrected chi connectivity index (χ2v) is 6.43. The minimum Gasteiger partial charge on any atom is -0.372 e. The first-order valence-electron chi connectivity index (χ1n) is 6.49. The maximum atomic E-state index is 10.2. The Hall–Kier alpha value is -1.69. The third kappa shape index (κ3) is 7.60. The maximum absolute atomic E-state index is 10.2. The third-order valence-electron chi connectivity index (χ3n) is 2.56. The molecule has 0 spiro atoms. The van der Waals surface area contributed by atoms with E-state index in [9.17, 15) is 8.42 Å². The summed E-state index contributed by atoms with van der Waals surface area (Å²) in [6.45, 7) is 8.89. The first-order valence-corrected chi connectivity index (χ1v) is 8.38. The molecule has 0 aromatic heterocycles. The van der Waals surface area contributed by atoms with Crippen LogP contribution >= 0.6 is 0 Å². The lowest BCUT2D eigenvalue weighted by Gasteiger charge is -2.15. The van der Waals surface area contributed by atoms with Gasteiger partial charge in [0.2, 0.25) is 10.0 Å². The molecule has 0 bridgehead atoms. The quantitative estimate of drug-likeness (QED) is 0.869. The number of benzene rings is 1. The van der Waals surface area contributed by atoms with E-state index in [1.54, 1.807) is 0 Å². The normalized spacial score (nSPS) is 14.7. The Kier molecular flexibility index (Phi) is 7.08. The fourth-order valence-electron chi connectivity index (χ4n) is 1.65. The highest BCUT2D eigenvalue weighted by molar-refractivity contribution is 7.88. The number of sulfonamides is 1. The van der Waals surface area contributed by atoms with E-state index in [-0.39, 0.29) is 0 Å². The van der Waals surface area contributed by atoms with Gasteiger partial charge in [-0.25, -0.2) is 13.1 Å². The average molecular weight is 307 g/mol. The summed E-state index contributed by atoms with van der Waals surface area (Å²) in [5.74, 6) is 0. The van der Waals surface area contributed by atoms with Gasteiger partial charge in [-0.05, 0) is 16.7 Å². The average Bonchev–Trinajstić information content (AvgIpc) is 2.46. The molecule has 0 radical (unpaired) electrons. The van der Waals surface area contributed by atoms with Gasteiger partial charge in [-0.3, -0.25) is 0 Å². The lowest BCUT2D eigenvalue weighted by molar-refractivity contribution is 0.189. The van der Waals surface area contributed by atoms with E-state index in [0.29, 0.717) is 19.8 Å². The fourth-order valence-corrected chi connectivity index (χ4v) is 2.07. The second kappa shape index (κ2) is 8.56. The van der Waals surface area contributed by atoms with Crippen molar-refractivity contribution in [2.24, 2.45) is 0 Å². The highest BCUT2D eigenvalue weighted by Gasteiger charge is 2.07. The molecule has 21 heavy (non-hydrogen) atoms. The molecule has 1 aromatic carbocycles. The Balaban J connectivity index is 0.000000240. The molecular formula is C16H21NO3S. The van der Waals surface area contributed by atoms with Crippen molar-refractivity contribution in [1.82, 2.24) is 4.72 Å². The van der Waals surface area contributed by atoms with Crippen LogP contribution in [0.5, 0.6) is 0 Å². The van der Waals surface area contributed by atoms with Crippen LogP contribution in [0.1, 0.15) is 5.56 Å². The molecule has 1 aliphatic heterocycles. The lowest BCUT2D eigenvalue weighted by Crippen LogP contribution is -2.21. The molecule has 0 aliphatic carbocycles. The molecule has 1 aliphatic rings. The van der Waals surface area contributed by atoms with Crippen LogP contribution in [0.4, 0.5) is 0 Å². The van der Waals surface area contributed by atoms with Gasteiger partial charge < -0.3 is 4.74 Å². The first kappa shape index (κ1) is 17.4. The van der Waals surface area contributed by atoms with Gasteiger partial charge in [0.05, 0.1) is 19.5 Å². The fraction of sp³-hybridized carbons (Fsp3) is 0.250. The van der Waals surface area contributed by atoms with Gasteiger partial charge >= 0.3 is 0 Å². The van der Waals surface area contributed by atoms with Crippen molar-refractivity contribution in [2.75, 3.05) is 26.0 Å². The molecular weight excluding hydrogens is 286 g/mol. The molecule has 2 rings (SSSR count). The Labute approximate surface area is 126 Å². The van der Waals surface area contributed by atoms with E-state index >= 15 is 0 Å². The summed E-state index contributed by atoms with van der Waals surface area (Å²) in [6, 6.07) is 10.3. The summed E-state index contributed by atoms with van der Waals surface area (Å²) in [5.41, 5.74) is 3.49. The zero-order valence-electron chi connectivity index (χ0n) is 12.2. The number of hydrogen-bond donors (Lipinski definition) is 1. The van der Waals surface area contributed by atoms with Gasteiger partial charge in [-0.1, -0.05) is 49.1 Å². The zero-order valence-corrected chi connectivity index (χ0v) is 13.0. The van der Waals surface area contributed by atoms with Crippen LogP contribution in [0.3, 0.4) is 0 Å². The van der Waals surface area contributed by atoms with Gasteiger partial charge in [0.1, 0.15) is 0 Å². The molecule has 0 unspecified atom stereocenters. The van der Waals surface area contributed by atoms with Gasteiger partial charge in [0.15, 0.2) is 0 Å². The van der Waals surface area contributed by atoms with Crippen LogP contribution in [0, 0.1) is 0 Å². The molecule has 5 heteroatoms. The zero-order chi connectivity index (χ0) is 15.7. The van der Waals surface area contributed by atoms with Crippen LogP contribution in [0.25, 0.3) is 5.57 Å². The van der Waals surface area contributed by atoms with Crippen molar-refractivity contribution in [2.45, 2.75) is 0 Å². The van der Waals surface area contributed by atoms with Crippen LogP contribution in [0.15, 0.2) is 61.2 Å². The summed E-state index contributed by atoms with van der Waals surface area (Å²) in [7, 11) is -3.01. The summed E-state index contributed by atoms with van der Waals surface area (Å²) in [4.78, 5) is 0. The van der Waals surface area contributed by atoms with Crippen molar-refractivity contribution >= 4 is 15.6 Å². The van der Waals surface area contributed by atoms with Crippen LogP contribution in [-0.4, -0.2) is 34.4 Å².